The molecule has 0 radical (unpaired) electrons. The van der Waals surface area contributed by atoms with E-state index in [0.29, 0.717) is 0 Å². The highest BCUT2D eigenvalue weighted by Crippen LogP contribution is 2.13. The Hall–Kier alpha value is -1.16. The third kappa shape index (κ3) is 7.35. The summed E-state index contributed by atoms with van der Waals surface area (Å²) >= 11 is 3.51. The summed E-state index contributed by atoms with van der Waals surface area (Å²) in [6.07, 6.45) is 0. The van der Waals surface area contributed by atoms with Gasteiger partial charge in [0.2, 0.25) is 0 Å². The lowest BCUT2D eigenvalue weighted by molar-refractivity contribution is 0.0341. The van der Waals surface area contributed by atoms with Crippen LogP contribution in [-0.2, 0) is 24.4 Å². The largest absolute Gasteiger partial charge is 0.379 e. The van der Waals surface area contributed by atoms with Crippen LogP contribution in [0.5, 0.6) is 0 Å². The fraction of sp³-hybridized carbons (Fsp3) is 0.381. The average molecular weight is 559 g/mol. The summed E-state index contributed by atoms with van der Waals surface area (Å²) in [5.41, 5.74) is 3.86. The van der Waals surface area contributed by atoms with E-state index in [-0.39, 0.29) is 24.0 Å². The molecule has 2 aromatic rings. The number of nitrogens with one attached hydrogen (secondary N) is 2. The van der Waals surface area contributed by atoms with E-state index in [1.54, 1.807) is 7.05 Å². The lowest BCUT2D eigenvalue weighted by Gasteiger charge is -2.27. The first-order valence-corrected chi connectivity index (χ1v) is 10.1. The zero-order valence-electron chi connectivity index (χ0n) is 16.2. The maximum absolute atomic E-state index is 5.45. The molecule has 1 heterocycles. The Kier molecular flexibility index (Phi) is 10.3. The summed E-state index contributed by atoms with van der Waals surface area (Å²) in [7, 11) is 1.80. The molecule has 0 aliphatic carbocycles. The highest BCUT2D eigenvalue weighted by atomic mass is 127. The third-order valence-electron chi connectivity index (χ3n) is 4.63. The molecular weight excluding hydrogens is 531 g/mol. The van der Waals surface area contributed by atoms with Crippen LogP contribution >= 0.6 is 39.9 Å². The van der Waals surface area contributed by atoms with Crippen molar-refractivity contribution in [2.24, 2.45) is 4.99 Å². The monoisotopic (exact) mass is 558 g/mol. The molecule has 5 nitrogen and oxygen atoms in total. The molecule has 7 heteroatoms. The van der Waals surface area contributed by atoms with E-state index in [9.17, 15) is 0 Å². The predicted molar refractivity (Wildman–Crippen MR) is 129 cm³/mol. The van der Waals surface area contributed by atoms with Gasteiger partial charge >= 0.3 is 0 Å². The van der Waals surface area contributed by atoms with Gasteiger partial charge in [0.15, 0.2) is 5.96 Å². The van der Waals surface area contributed by atoms with Gasteiger partial charge in [0.1, 0.15) is 0 Å². The molecule has 1 saturated heterocycles. The minimum absolute atomic E-state index is 0. The van der Waals surface area contributed by atoms with Gasteiger partial charge in [0.25, 0.3) is 0 Å². The molecule has 0 aromatic heterocycles. The number of hydrogen-bond acceptors (Lipinski definition) is 3. The summed E-state index contributed by atoms with van der Waals surface area (Å²) in [6.45, 7) is 6.09. The SMILES string of the molecule is CN=C(NCc1cccc(Br)c1)NCc1ccccc1CN1CCOCC1.I. The van der Waals surface area contributed by atoms with Crippen LogP contribution in [0.25, 0.3) is 0 Å². The molecule has 0 atom stereocenters. The molecule has 1 aliphatic heterocycles. The van der Waals surface area contributed by atoms with Gasteiger partial charge in [-0.1, -0.05) is 52.3 Å². The molecular formula is C21H28BrIN4O. The fourth-order valence-electron chi connectivity index (χ4n) is 3.12. The molecule has 152 valence electrons. The first kappa shape index (κ1) is 23.1. The van der Waals surface area contributed by atoms with Crippen molar-refractivity contribution in [2.45, 2.75) is 19.6 Å². The van der Waals surface area contributed by atoms with Crippen molar-refractivity contribution in [3.05, 3.63) is 69.7 Å². The van der Waals surface area contributed by atoms with Gasteiger partial charge < -0.3 is 15.4 Å². The van der Waals surface area contributed by atoms with E-state index in [1.165, 1.54) is 16.7 Å². The van der Waals surface area contributed by atoms with Crippen molar-refractivity contribution in [2.75, 3.05) is 33.4 Å². The van der Waals surface area contributed by atoms with Crippen LogP contribution in [0.3, 0.4) is 0 Å². The molecule has 1 aliphatic rings. The second kappa shape index (κ2) is 12.4. The number of rotatable bonds is 6. The summed E-state index contributed by atoms with van der Waals surface area (Å²) in [5.74, 6) is 0.802. The zero-order chi connectivity index (χ0) is 18.9. The van der Waals surface area contributed by atoms with E-state index >= 15 is 0 Å². The van der Waals surface area contributed by atoms with Crippen molar-refractivity contribution in [1.29, 1.82) is 0 Å². The molecule has 0 bridgehead atoms. The number of benzene rings is 2. The van der Waals surface area contributed by atoms with Gasteiger partial charge in [0, 0.05) is 44.2 Å². The van der Waals surface area contributed by atoms with E-state index in [0.717, 1.165) is 56.4 Å². The lowest BCUT2D eigenvalue weighted by atomic mass is 10.1. The Morgan fingerprint density at radius 1 is 1.04 bits per heavy atom. The van der Waals surface area contributed by atoms with Gasteiger partial charge in [-0.15, -0.1) is 24.0 Å². The Balaban J connectivity index is 0.00000280. The third-order valence-corrected chi connectivity index (χ3v) is 5.13. The highest BCUT2D eigenvalue weighted by molar-refractivity contribution is 14.0. The van der Waals surface area contributed by atoms with Crippen molar-refractivity contribution >= 4 is 45.9 Å². The van der Waals surface area contributed by atoms with Crippen LogP contribution in [0.1, 0.15) is 16.7 Å². The van der Waals surface area contributed by atoms with E-state index < -0.39 is 0 Å². The molecule has 0 amide bonds. The second-order valence-corrected chi connectivity index (χ2v) is 7.48. The van der Waals surface area contributed by atoms with E-state index in [4.69, 9.17) is 4.74 Å². The molecule has 28 heavy (non-hydrogen) atoms. The second-order valence-electron chi connectivity index (χ2n) is 6.57. The Morgan fingerprint density at radius 3 is 2.46 bits per heavy atom. The van der Waals surface area contributed by atoms with Crippen molar-refractivity contribution in [1.82, 2.24) is 15.5 Å². The number of morpholine rings is 1. The number of ether oxygens (including phenoxy) is 1. The Labute approximate surface area is 193 Å². The molecule has 2 aromatic carbocycles. The molecule has 3 rings (SSSR count). The topological polar surface area (TPSA) is 48.9 Å². The van der Waals surface area contributed by atoms with Crippen molar-refractivity contribution in [3.63, 3.8) is 0 Å². The quantitative estimate of drug-likeness (QED) is 0.322. The minimum Gasteiger partial charge on any atom is -0.379 e. The first-order chi connectivity index (χ1) is 13.2. The number of guanidine groups is 1. The van der Waals surface area contributed by atoms with Crippen LogP contribution in [0.4, 0.5) is 0 Å². The van der Waals surface area contributed by atoms with Gasteiger partial charge in [-0.2, -0.15) is 0 Å². The number of hydrogen-bond donors (Lipinski definition) is 2. The summed E-state index contributed by atoms with van der Waals surface area (Å²) in [5, 5.41) is 6.81. The summed E-state index contributed by atoms with van der Waals surface area (Å²) in [4.78, 5) is 6.79. The first-order valence-electron chi connectivity index (χ1n) is 9.30. The van der Waals surface area contributed by atoms with Crippen molar-refractivity contribution < 1.29 is 4.74 Å². The smallest absolute Gasteiger partial charge is 0.191 e. The number of halogens is 2. The van der Waals surface area contributed by atoms with Crippen LogP contribution in [0.2, 0.25) is 0 Å². The number of nitrogens with zero attached hydrogens (tertiary/aromatic N) is 2. The highest BCUT2D eigenvalue weighted by Gasteiger charge is 2.12. The predicted octanol–water partition coefficient (Wildman–Crippen LogP) is 3.76. The summed E-state index contributed by atoms with van der Waals surface area (Å²) < 4.78 is 6.54. The van der Waals surface area contributed by atoms with Crippen LogP contribution in [0, 0.1) is 0 Å². The van der Waals surface area contributed by atoms with Crippen LogP contribution in [-0.4, -0.2) is 44.2 Å². The lowest BCUT2D eigenvalue weighted by Crippen LogP contribution is -2.37. The normalized spacial score (nSPS) is 15.0. The fourth-order valence-corrected chi connectivity index (χ4v) is 3.56. The molecule has 0 saturated carbocycles. The average Bonchev–Trinajstić information content (AvgIpc) is 2.70. The maximum Gasteiger partial charge on any atom is 0.191 e. The maximum atomic E-state index is 5.45. The van der Waals surface area contributed by atoms with E-state index in [2.05, 4.69) is 72.9 Å². The molecule has 2 N–H and O–H groups in total. The minimum atomic E-state index is 0. The van der Waals surface area contributed by atoms with Gasteiger partial charge in [0.05, 0.1) is 13.2 Å². The van der Waals surface area contributed by atoms with Gasteiger partial charge in [-0.25, -0.2) is 0 Å². The zero-order valence-corrected chi connectivity index (χ0v) is 20.1. The van der Waals surface area contributed by atoms with Gasteiger partial charge in [-0.05, 0) is 28.8 Å². The van der Waals surface area contributed by atoms with E-state index in [1.807, 2.05) is 12.1 Å². The van der Waals surface area contributed by atoms with Crippen LogP contribution < -0.4 is 10.6 Å². The summed E-state index contributed by atoms with van der Waals surface area (Å²) in [6, 6.07) is 16.9. The standard InChI is InChI=1S/C21H27BrN4O.HI/c1-23-21(24-14-17-5-4-8-20(22)13-17)25-15-18-6-2-3-7-19(18)16-26-9-11-27-12-10-26;/h2-8,13H,9-12,14-16H2,1H3,(H2,23,24,25);1H. The van der Waals surface area contributed by atoms with Crippen LogP contribution in [0.15, 0.2) is 58.0 Å². The Bertz CT molecular complexity index is 766. The van der Waals surface area contributed by atoms with Gasteiger partial charge in [-0.3, -0.25) is 9.89 Å². The molecule has 1 fully saturated rings. The molecule has 0 spiro atoms. The molecule has 0 unspecified atom stereocenters. The number of aliphatic imine (C=N–C) groups is 1. The Morgan fingerprint density at radius 2 is 1.75 bits per heavy atom. The van der Waals surface area contributed by atoms with Crippen molar-refractivity contribution in [3.8, 4) is 0 Å².